The summed E-state index contributed by atoms with van der Waals surface area (Å²) in [6.07, 6.45) is 0. The molecule has 1 aromatic rings. The summed E-state index contributed by atoms with van der Waals surface area (Å²) < 4.78 is 12.8. The standard InChI is InChI=1S/C10H12FNO2S/c1-10(12,9(13)14)6-15-8-4-2-3-7(11)5-8/h2-5H,6,12H2,1H3,(H,13,14). The molecule has 5 heteroatoms. The lowest BCUT2D eigenvalue weighted by molar-refractivity contribution is -0.141. The number of benzene rings is 1. The summed E-state index contributed by atoms with van der Waals surface area (Å²) in [7, 11) is 0. The number of hydrogen-bond acceptors (Lipinski definition) is 3. The zero-order chi connectivity index (χ0) is 11.5. The van der Waals surface area contributed by atoms with Crippen molar-refractivity contribution in [1.82, 2.24) is 0 Å². The lowest BCUT2D eigenvalue weighted by atomic mass is 10.1. The molecule has 1 atom stereocenters. The maximum Gasteiger partial charge on any atom is 0.324 e. The Morgan fingerprint density at radius 3 is 2.87 bits per heavy atom. The Labute approximate surface area is 91.5 Å². The van der Waals surface area contributed by atoms with Crippen molar-refractivity contribution in [2.24, 2.45) is 5.73 Å². The Kier molecular flexibility index (Phi) is 3.71. The number of carboxylic acids is 1. The summed E-state index contributed by atoms with van der Waals surface area (Å²) in [6.45, 7) is 1.43. The first-order chi connectivity index (χ1) is 6.92. The molecule has 0 aliphatic heterocycles. The second-order valence-electron chi connectivity index (χ2n) is 3.47. The van der Waals surface area contributed by atoms with Crippen LogP contribution in [0.25, 0.3) is 0 Å². The Morgan fingerprint density at radius 2 is 2.33 bits per heavy atom. The summed E-state index contributed by atoms with van der Waals surface area (Å²) in [6, 6.07) is 5.98. The molecule has 0 spiro atoms. The number of aliphatic carboxylic acids is 1. The monoisotopic (exact) mass is 229 g/mol. The zero-order valence-electron chi connectivity index (χ0n) is 8.24. The van der Waals surface area contributed by atoms with Gasteiger partial charge in [0.25, 0.3) is 0 Å². The Morgan fingerprint density at radius 1 is 1.67 bits per heavy atom. The van der Waals surface area contributed by atoms with Gasteiger partial charge in [0.1, 0.15) is 11.4 Å². The molecule has 0 radical (unpaired) electrons. The van der Waals surface area contributed by atoms with Crippen molar-refractivity contribution in [3.05, 3.63) is 30.1 Å². The van der Waals surface area contributed by atoms with E-state index in [2.05, 4.69) is 0 Å². The highest BCUT2D eigenvalue weighted by Crippen LogP contribution is 2.22. The lowest BCUT2D eigenvalue weighted by Gasteiger charge is -2.18. The molecule has 0 fully saturated rings. The first-order valence-corrected chi connectivity index (χ1v) is 5.31. The van der Waals surface area contributed by atoms with Gasteiger partial charge in [0.15, 0.2) is 0 Å². The molecular formula is C10H12FNO2S. The van der Waals surface area contributed by atoms with Crippen LogP contribution in [0.3, 0.4) is 0 Å². The van der Waals surface area contributed by atoms with Gasteiger partial charge in [-0.3, -0.25) is 4.79 Å². The van der Waals surface area contributed by atoms with Crippen molar-refractivity contribution < 1.29 is 14.3 Å². The van der Waals surface area contributed by atoms with Gasteiger partial charge < -0.3 is 10.8 Å². The van der Waals surface area contributed by atoms with Crippen LogP contribution in [0.5, 0.6) is 0 Å². The highest BCUT2D eigenvalue weighted by molar-refractivity contribution is 7.99. The Bertz CT molecular complexity index is 368. The number of nitrogens with two attached hydrogens (primary N) is 1. The van der Waals surface area contributed by atoms with Crippen molar-refractivity contribution in [3.8, 4) is 0 Å². The fourth-order valence-corrected chi connectivity index (χ4v) is 1.81. The van der Waals surface area contributed by atoms with Crippen LogP contribution in [0, 0.1) is 5.82 Å². The quantitative estimate of drug-likeness (QED) is 0.772. The van der Waals surface area contributed by atoms with E-state index in [1.54, 1.807) is 12.1 Å². The smallest absolute Gasteiger partial charge is 0.324 e. The van der Waals surface area contributed by atoms with E-state index in [0.717, 1.165) is 0 Å². The zero-order valence-corrected chi connectivity index (χ0v) is 9.05. The van der Waals surface area contributed by atoms with Crippen LogP contribution in [0.2, 0.25) is 0 Å². The first-order valence-electron chi connectivity index (χ1n) is 4.32. The van der Waals surface area contributed by atoms with E-state index in [0.29, 0.717) is 4.90 Å². The number of carboxylic acid groups (broad SMARTS) is 1. The number of hydrogen-bond donors (Lipinski definition) is 2. The SMILES string of the molecule is CC(N)(CSc1cccc(F)c1)C(=O)O. The topological polar surface area (TPSA) is 63.3 Å². The van der Waals surface area contributed by atoms with Crippen molar-refractivity contribution in [3.63, 3.8) is 0 Å². The third-order valence-corrected chi connectivity index (χ3v) is 3.15. The van der Waals surface area contributed by atoms with Gasteiger partial charge in [0, 0.05) is 10.6 Å². The summed E-state index contributed by atoms with van der Waals surface area (Å²) in [5.74, 6) is -1.20. The Balaban J connectivity index is 2.61. The van der Waals surface area contributed by atoms with E-state index in [9.17, 15) is 9.18 Å². The third-order valence-electron chi connectivity index (χ3n) is 1.82. The second kappa shape index (κ2) is 4.63. The predicted molar refractivity (Wildman–Crippen MR) is 57.4 cm³/mol. The van der Waals surface area contributed by atoms with E-state index < -0.39 is 11.5 Å². The molecule has 3 nitrogen and oxygen atoms in total. The molecule has 3 N–H and O–H groups in total. The maximum atomic E-state index is 12.8. The van der Waals surface area contributed by atoms with Crippen LogP contribution in [-0.4, -0.2) is 22.4 Å². The van der Waals surface area contributed by atoms with Gasteiger partial charge >= 0.3 is 5.97 Å². The minimum atomic E-state index is -1.29. The van der Waals surface area contributed by atoms with Crippen LogP contribution in [0.1, 0.15) is 6.92 Å². The summed E-state index contributed by atoms with van der Waals surface area (Å²) in [5.41, 5.74) is 4.24. The minimum absolute atomic E-state index is 0.200. The van der Waals surface area contributed by atoms with Gasteiger partial charge in [-0.2, -0.15) is 0 Å². The van der Waals surface area contributed by atoms with Crippen LogP contribution < -0.4 is 5.73 Å². The predicted octanol–water partition coefficient (Wildman–Crippen LogP) is 1.72. The maximum absolute atomic E-state index is 12.8. The van der Waals surface area contributed by atoms with E-state index in [-0.39, 0.29) is 11.6 Å². The van der Waals surface area contributed by atoms with Crippen LogP contribution in [-0.2, 0) is 4.79 Å². The average molecular weight is 229 g/mol. The number of halogens is 1. The number of thioether (sulfide) groups is 1. The molecule has 1 aromatic carbocycles. The van der Waals surface area contributed by atoms with Gasteiger partial charge in [-0.15, -0.1) is 11.8 Å². The molecule has 0 saturated heterocycles. The first kappa shape index (κ1) is 12.0. The summed E-state index contributed by atoms with van der Waals surface area (Å²) in [4.78, 5) is 11.4. The molecule has 0 aromatic heterocycles. The summed E-state index contributed by atoms with van der Waals surface area (Å²) in [5, 5.41) is 8.76. The van der Waals surface area contributed by atoms with E-state index >= 15 is 0 Å². The molecule has 0 aliphatic rings. The van der Waals surface area contributed by atoms with Crippen molar-refractivity contribution in [1.29, 1.82) is 0 Å². The second-order valence-corrected chi connectivity index (χ2v) is 4.52. The molecule has 0 heterocycles. The molecular weight excluding hydrogens is 217 g/mol. The molecule has 0 saturated carbocycles. The van der Waals surface area contributed by atoms with Crippen LogP contribution >= 0.6 is 11.8 Å². The largest absolute Gasteiger partial charge is 0.480 e. The molecule has 82 valence electrons. The fourth-order valence-electron chi connectivity index (χ4n) is 0.852. The van der Waals surface area contributed by atoms with Gasteiger partial charge in [0.2, 0.25) is 0 Å². The van der Waals surface area contributed by atoms with Crippen LogP contribution in [0.4, 0.5) is 4.39 Å². The van der Waals surface area contributed by atoms with Gasteiger partial charge in [-0.1, -0.05) is 6.07 Å². The van der Waals surface area contributed by atoms with Gasteiger partial charge in [-0.05, 0) is 25.1 Å². The third kappa shape index (κ3) is 3.53. The minimum Gasteiger partial charge on any atom is -0.480 e. The van der Waals surface area contributed by atoms with E-state index in [1.165, 1.54) is 30.8 Å². The average Bonchev–Trinajstić information content (AvgIpc) is 2.15. The molecule has 0 bridgehead atoms. The molecule has 15 heavy (non-hydrogen) atoms. The highest BCUT2D eigenvalue weighted by Gasteiger charge is 2.27. The van der Waals surface area contributed by atoms with E-state index in [1.807, 2.05) is 0 Å². The van der Waals surface area contributed by atoms with E-state index in [4.69, 9.17) is 10.8 Å². The number of rotatable bonds is 4. The number of carbonyl (C=O) groups is 1. The molecule has 0 aliphatic carbocycles. The lowest BCUT2D eigenvalue weighted by Crippen LogP contribution is -2.47. The fraction of sp³-hybridized carbons (Fsp3) is 0.300. The van der Waals surface area contributed by atoms with Crippen LogP contribution in [0.15, 0.2) is 29.2 Å². The van der Waals surface area contributed by atoms with Gasteiger partial charge in [-0.25, -0.2) is 4.39 Å². The molecule has 1 unspecified atom stereocenters. The molecule has 1 rings (SSSR count). The highest BCUT2D eigenvalue weighted by atomic mass is 32.2. The Hall–Kier alpha value is -1.07. The molecule has 0 amide bonds. The summed E-state index contributed by atoms with van der Waals surface area (Å²) >= 11 is 1.22. The van der Waals surface area contributed by atoms with Crippen molar-refractivity contribution in [2.75, 3.05) is 5.75 Å². The van der Waals surface area contributed by atoms with Crippen molar-refractivity contribution in [2.45, 2.75) is 17.4 Å². The van der Waals surface area contributed by atoms with Crippen molar-refractivity contribution >= 4 is 17.7 Å². The normalized spacial score (nSPS) is 14.6. The van der Waals surface area contributed by atoms with Gasteiger partial charge in [0.05, 0.1) is 0 Å².